The smallest absolute Gasteiger partial charge is 0.343 e. The first-order chi connectivity index (χ1) is 10.4. The zero-order valence-electron chi connectivity index (χ0n) is 12.6. The Hall–Kier alpha value is -1.56. The van der Waals surface area contributed by atoms with E-state index >= 15 is 0 Å². The van der Waals surface area contributed by atoms with Crippen LogP contribution >= 0.6 is 11.6 Å². The summed E-state index contributed by atoms with van der Waals surface area (Å²) >= 11 is 6.00. The normalized spacial score (nSPS) is 27.2. The third-order valence-corrected chi connectivity index (χ3v) is 3.88. The summed E-state index contributed by atoms with van der Waals surface area (Å²) in [7, 11) is 1.51. The fraction of sp³-hybridized carbons (Fsp3) is 0.438. The van der Waals surface area contributed by atoms with Crippen molar-refractivity contribution < 1.29 is 23.7 Å². The molecule has 1 fully saturated rings. The van der Waals surface area contributed by atoms with Gasteiger partial charge >= 0.3 is 5.97 Å². The lowest BCUT2D eigenvalue weighted by atomic mass is 10.0. The van der Waals surface area contributed by atoms with Crippen molar-refractivity contribution >= 4 is 23.1 Å². The Morgan fingerprint density at radius 3 is 2.73 bits per heavy atom. The molecule has 0 saturated carbocycles. The highest BCUT2D eigenvalue weighted by atomic mass is 35.5. The van der Waals surface area contributed by atoms with E-state index in [1.54, 1.807) is 24.3 Å². The van der Waals surface area contributed by atoms with E-state index in [4.69, 9.17) is 30.5 Å². The minimum Gasteiger partial charge on any atom is -0.496 e. The van der Waals surface area contributed by atoms with Crippen LogP contribution in [-0.4, -0.2) is 37.7 Å². The number of benzene rings is 1. The number of ether oxygens (including phenoxy) is 4. The van der Waals surface area contributed by atoms with Crippen molar-refractivity contribution in [2.75, 3.05) is 13.7 Å². The summed E-state index contributed by atoms with van der Waals surface area (Å²) in [5.41, 5.74) is 1.04. The molecule has 0 unspecified atom stereocenters. The second-order valence-corrected chi connectivity index (χ2v) is 6.08. The Labute approximate surface area is 133 Å². The molecule has 0 N–H and O–H groups in total. The number of cyclic esters (lactones) is 1. The van der Waals surface area contributed by atoms with Crippen molar-refractivity contribution in [1.29, 1.82) is 0 Å². The van der Waals surface area contributed by atoms with Crippen molar-refractivity contribution in [2.24, 2.45) is 0 Å². The van der Waals surface area contributed by atoms with Crippen LogP contribution in [0.15, 0.2) is 30.0 Å². The average molecular weight is 325 g/mol. The van der Waals surface area contributed by atoms with Gasteiger partial charge in [-0.1, -0.05) is 23.7 Å². The highest BCUT2D eigenvalue weighted by Gasteiger charge is 2.47. The molecule has 2 heterocycles. The molecule has 22 heavy (non-hydrogen) atoms. The van der Waals surface area contributed by atoms with Crippen LogP contribution in [0.2, 0.25) is 5.02 Å². The van der Waals surface area contributed by atoms with E-state index in [1.807, 2.05) is 13.8 Å². The number of hydrogen-bond acceptors (Lipinski definition) is 5. The number of hydrogen-bond donors (Lipinski definition) is 0. The molecular weight excluding hydrogens is 308 g/mol. The van der Waals surface area contributed by atoms with Crippen LogP contribution in [0, 0.1) is 0 Å². The molecule has 2 aliphatic rings. The van der Waals surface area contributed by atoms with Crippen molar-refractivity contribution in [1.82, 2.24) is 0 Å². The quantitative estimate of drug-likeness (QED) is 0.800. The van der Waals surface area contributed by atoms with Gasteiger partial charge in [-0.3, -0.25) is 0 Å². The monoisotopic (exact) mass is 324 g/mol. The number of carbonyl (C=O) groups excluding carboxylic acids is 1. The Kier molecular flexibility index (Phi) is 3.89. The van der Waals surface area contributed by atoms with Gasteiger partial charge < -0.3 is 18.9 Å². The second kappa shape index (κ2) is 5.57. The summed E-state index contributed by atoms with van der Waals surface area (Å²) in [4.78, 5) is 12.3. The maximum atomic E-state index is 12.3. The maximum absolute atomic E-state index is 12.3. The van der Waals surface area contributed by atoms with Crippen LogP contribution < -0.4 is 0 Å². The van der Waals surface area contributed by atoms with E-state index in [1.165, 1.54) is 7.11 Å². The zero-order chi connectivity index (χ0) is 15.9. The van der Waals surface area contributed by atoms with Crippen molar-refractivity contribution in [3.05, 3.63) is 40.6 Å². The molecule has 0 bridgehead atoms. The summed E-state index contributed by atoms with van der Waals surface area (Å²) in [5.74, 6) is -0.703. The molecule has 1 saturated heterocycles. The van der Waals surface area contributed by atoms with E-state index in [2.05, 4.69) is 0 Å². The number of halogens is 1. The second-order valence-electron chi connectivity index (χ2n) is 5.65. The fourth-order valence-corrected chi connectivity index (χ4v) is 2.89. The van der Waals surface area contributed by atoms with Gasteiger partial charge in [0.25, 0.3) is 0 Å². The minimum absolute atomic E-state index is 0.334. The lowest BCUT2D eigenvalue weighted by Crippen LogP contribution is -2.33. The first kappa shape index (κ1) is 15.3. The SMILES string of the molecule is COC1=C(c2cccc(Cl)c2)C(=O)O[C@@H]1[C@@H]1COC(C)(C)O1. The van der Waals surface area contributed by atoms with Crippen LogP contribution in [0.4, 0.5) is 0 Å². The summed E-state index contributed by atoms with van der Waals surface area (Å²) in [6.07, 6.45) is -1.01. The molecule has 3 rings (SSSR count). The van der Waals surface area contributed by atoms with Crippen LogP contribution in [0.3, 0.4) is 0 Å². The summed E-state index contributed by atoms with van der Waals surface area (Å²) in [5, 5.41) is 0.540. The molecule has 0 aromatic heterocycles. The molecular formula is C16H17ClO5. The molecule has 2 atom stereocenters. The van der Waals surface area contributed by atoms with Gasteiger partial charge in [0.1, 0.15) is 11.7 Å². The molecule has 0 spiro atoms. The Morgan fingerprint density at radius 1 is 1.36 bits per heavy atom. The molecule has 118 valence electrons. The van der Waals surface area contributed by atoms with Crippen LogP contribution in [0.1, 0.15) is 19.4 Å². The number of rotatable bonds is 3. The van der Waals surface area contributed by atoms with E-state index in [-0.39, 0.29) is 0 Å². The van der Waals surface area contributed by atoms with Crippen LogP contribution in [0.25, 0.3) is 5.57 Å². The van der Waals surface area contributed by atoms with Crippen molar-refractivity contribution in [2.45, 2.75) is 31.8 Å². The lowest BCUT2D eigenvalue weighted by Gasteiger charge is -2.21. The van der Waals surface area contributed by atoms with E-state index in [0.29, 0.717) is 28.5 Å². The van der Waals surface area contributed by atoms with Gasteiger partial charge in [-0.2, -0.15) is 0 Å². The summed E-state index contributed by atoms with van der Waals surface area (Å²) < 4.78 is 22.2. The summed E-state index contributed by atoms with van der Waals surface area (Å²) in [6, 6.07) is 7.01. The van der Waals surface area contributed by atoms with Crippen LogP contribution in [-0.2, 0) is 23.7 Å². The lowest BCUT2D eigenvalue weighted by molar-refractivity contribution is -0.162. The predicted octanol–water partition coefficient (Wildman–Crippen LogP) is 2.77. The summed E-state index contributed by atoms with van der Waals surface area (Å²) in [6.45, 7) is 3.97. The molecule has 0 radical (unpaired) electrons. The van der Waals surface area contributed by atoms with Crippen molar-refractivity contribution in [3.8, 4) is 0 Å². The Bertz CT molecular complexity index is 637. The molecule has 5 nitrogen and oxygen atoms in total. The van der Waals surface area contributed by atoms with Gasteiger partial charge in [0.2, 0.25) is 0 Å². The first-order valence-corrected chi connectivity index (χ1v) is 7.36. The van der Waals surface area contributed by atoms with Gasteiger partial charge in [0.15, 0.2) is 17.7 Å². The molecule has 0 amide bonds. The highest BCUT2D eigenvalue weighted by Crippen LogP contribution is 2.37. The minimum atomic E-state index is -0.700. The largest absolute Gasteiger partial charge is 0.496 e. The van der Waals surface area contributed by atoms with Gasteiger partial charge in [0.05, 0.1) is 13.7 Å². The third-order valence-electron chi connectivity index (χ3n) is 3.64. The van der Waals surface area contributed by atoms with Crippen LogP contribution in [0.5, 0.6) is 0 Å². The topological polar surface area (TPSA) is 54.0 Å². The van der Waals surface area contributed by atoms with E-state index in [9.17, 15) is 4.79 Å². The number of methoxy groups -OCH3 is 1. The van der Waals surface area contributed by atoms with Gasteiger partial charge in [-0.25, -0.2) is 4.79 Å². The Balaban J connectivity index is 1.97. The van der Waals surface area contributed by atoms with Gasteiger partial charge in [-0.05, 0) is 31.5 Å². The molecule has 1 aromatic rings. The maximum Gasteiger partial charge on any atom is 0.343 e. The molecule has 2 aliphatic heterocycles. The molecule has 6 heteroatoms. The molecule has 1 aromatic carbocycles. The first-order valence-electron chi connectivity index (χ1n) is 6.98. The fourth-order valence-electron chi connectivity index (χ4n) is 2.70. The van der Waals surface area contributed by atoms with Gasteiger partial charge in [0, 0.05) is 5.02 Å². The average Bonchev–Trinajstić information content (AvgIpc) is 2.98. The Morgan fingerprint density at radius 2 is 2.14 bits per heavy atom. The van der Waals surface area contributed by atoms with E-state index in [0.717, 1.165) is 0 Å². The highest BCUT2D eigenvalue weighted by molar-refractivity contribution is 6.31. The predicted molar refractivity (Wildman–Crippen MR) is 80.2 cm³/mol. The van der Waals surface area contributed by atoms with Gasteiger partial charge in [-0.15, -0.1) is 0 Å². The van der Waals surface area contributed by atoms with E-state index < -0.39 is 24.0 Å². The zero-order valence-corrected chi connectivity index (χ0v) is 13.3. The van der Waals surface area contributed by atoms with Crippen molar-refractivity contribution in [3.63, 3.8) is 0 Å². The third kappa shape index (κ3) is 2.72. The number of carbonyl (C=O) groups is 1. The number of esters is 1. The standard InChI is InChI=1S/C16H17ClO5/c1-16(2)20-8-11(22-16)13-14(19-3)12(15(18)21-13)9-5-4-6-10(17)7-9/h4-7,11,13H,8H2,1-3H3/t11-,13+/m0/s1. The molecule has 0 aliphatic carbocycles.